The Balaban J connectivity index is 3.04. The van der Waals surface area contributed by atoms with Crippen LogP contribution >= 0.6 is 0 Å². The summed E-state index contributed by atoms with van der Waals surface area (Å²) in [6.45, 7) is 10.5. The number of Topliss-reactive ketones (excluding diaryl/α,β-unsaturated/α-hetero) is 1. The van der Waals surface area contributed by atoms with Crippen molar-refractivity contribution in [3.05, 3.63) is 41.2 Å². The van der Waals surface area contributed by atoms with Gasteiger partial charge in [-0.05, 0) is 6.07 Å². The molecule has 1 aromatic carbocycles. The molecule has 0 N–H and O–H groups in total. The van der Waals surface area contributed by atoms with Crippen molar-refractivity contribution in [1.29, 1.82) is 0 Å². The summed E-state index contributed by atoms with van der Waals surface area (Å²) in [4.78, 5) is 14.8. The van der Waals surface area contributed by atoms with Gasteiger partial charge in [0, 0.05) is 11.5 Å². The third-order valence-electron chi connectivity index (χ3n) is 1.78. The minimum atomic E-state index is -0.0130. The van der Waals surface area contributed by atoms with Gasteiger partial charge in [0.25, 0.3) is 0 Å². The smallest absolute Gasteiger partial charge is 0.187 e. The Morgan fingerprint density at radius 3 is 2.69 bits per heavy atom. The predicted molar refractivity (Wildman–Crippen MR) is 51.9 cm³/mol. The summed E-state index contributed by atoms with van der Waals surface area (Å²) >= 11 is 0. The van der Waals surface area contributed by atoms with E-state index in [0.717, 1.165) is 0 Å². The molecule has 0 saturated carbocycles. The highest BCUT2D eigenvalue weighted by Crippen LogP contribution is 2.16. The lowest BCUT2D eigenvalue weighted by atomic mass is 10.0. The molecule has 1 aromatic rings. The van der Waals surface area contributed by atoms with Crippen molar-refractivity contribution in [3.8, 4) is 0 Å². The van der Waals surface area contributed by atoms with Crippen molar-refractivity contribution in [2.75, 3.05) is 0 Å². The van der Waals surface area contributed by atoms with Crippen molar-refractivity contribution >= 4 is 11.5 Å². The first kappa shape index (κ1) is 9.47. The van der Waals surface area contributed by atoms with E-state index >= 15 is 0 Å². The molecule has 0 aliphatic heterocycles. The van der Waals surface area contributed by atoms with E-state index in [4.69, 9.17) is 6.57 Å². The second kappa shape index (κ2) is 3.86. The Morgan fingerprint density at radius 2 is 2.15 bits per heavy atom. The van der Waals surface area contributed by atoms with E-state index in [1.54, 1.807) is 24.3 Å². The Kier molecular flexibility index (Phi) is 2.81. The van der Waals surface area contributed by atoms with Gasteiger partial charge < -0.3 is 0 Å². The summed E-state index contributed by atoms with van der Waals surface area (Å²) in [5.41, 5.74) is 1.15. The second-order valence-corrected chi connectivity index (χ2v) is 3.18. The summed E-state index contributed by atoms with van der Waals surface area (Å²) < 4.78 is 0. The second-order valence-electron chi connectivity index (χ2n) is 3.18. The number of nitrogens with zero attached hydrogens (tertiary/aromatic N) is 1. The van der Waals surface area contributed by atoms with Crippen LogP contribution in [0.5, 0.6) is 0 Å². The van der Waals surface area contributed by atoms with Gasteiger partial charge in [0.1, 0.15) is 0 Å². The number of ketones is 1. The molecular weight excluding hydrogens is 162 g/mol. The number of hydrogen-bond acceptors (Lipinski definition) is 1. The number of carbonyl (C=O) groups excluding carboxylic acids is 1. The van der Waals surface area contributed by atoms with Gasteiger partial charge in [0.15, 0.2) is 11.5 Å². The average Bonchev–Trinajstić information content (AvgIpc) is 2.16. The topological polar surface area (TPSA) is 21.4 Å². The van der Waals surface area contributed by atoms with E-state index < -0.39 is 0 Å². The van der Waals surface area contributed by atoms with Gasteiger partial charge >= 0.3 is 0 Å². The van der Waals surface area contributed by atoms with Gasteiger partial charge in [-0.2, -0.15) is 0 Å². The van der Waals surface area contributed by atoms with Gasteiger partial charge in [0.05, 0.1) is 6.57 Å². The highest BCUT2D eigenvalue weighted by molar-refractivity contribution is 5.98. The molecule has 0 atom stereocenters. The molecule has 0 spiro atoms. The van der Waals surface area contributed by atoms with Crippen LogP contribution in [0.3, 0.4) is 0 Å². The van der Waals surface area contributed by atoms with Gasteiger partial charge in [-0.3, -0.25) is 4.79 Å². The quantitative estimate of drug-likeness (QED) is 0.497. The van der Waals surface area contributed by atoms with Crippen molar-refractivity contribution in [3.63, 3.8) is 0 Å². The monoisotopic (exact) mass is 173 g/mol. The predicted octanol–water partition coefficient (Wildman–Crippen LogP) is 3.08. The highest BCUT2D eigenvalue weighted by atomic mass is 16.1. The molecule has 0 bridgehead atoms. The molecule has 0 heterocycles. The van der Waals surface area contributed by atoms with Crippen molar-refractivity contribution < 1.29 is 4.79 Å². The lowest BCUT2D eigenvalue weighted by Gasteiger charge is -2.03. The Bertz CT molecular complexity index is 361. The third-order valence-corrected chi connectivity index (χ3v) is 1.78. The maximum absolute atomic E-state index is 11.5. The van der Waals surface area contributed by atoms with Crippen LogP contribution in [0.25, 0.3) is 4.85 Å². The zero-order chi connectivity index (χ0) is 9.84. The van der Waals surface area contributed by atoms with Gasteiger partial charge in [-0.25, -0.2) is 4.85 Å². The Labute approximate surface area is 78.0 Å². The molecule has 0 radical (unpaired) electrons. The molecule has 0 fully saturated rings. The fourth-order valence-electron chi connectivity index (χ4n) is 1.06. The van der Waals surface area contributed by atoms with Crippen molar-refractivity contribution in [1.82, 2.24) is 0 Å². The van der Waals surface area contributed by atoms with Crippen LogP contribution in [0, 0.1) is 12.5 Å². The lowest BCUT2D eigenvalue weighted by Crippen LogP contribution is -2.06. The van der Waals surface area contributed by atoms with Crippen molar-refractivity contribution in [2.45, 2.75) is 13.8 Å². The Hall–Kier alpha value is -1.62. The van der Waals surface area contributed by atoms with Gasteiger partial charge in [0.2, 0.25) is 0 Å². The van der Waals surface area contributed by atoms with Gasteiger partial charge in [-0.15, -0.1) is 0 Å². The molecule has 0 aliphatic carbocycles. The summed E-state index contributed by atoms with van der Waals surface area (Å²) in [5.74, 6) is 0.0754. The first-order chi connectivity index (χ1) is 6.15. The lowest BCUT2D eigenvalue weighted by molar-refractivity contribution is 0.0939. The van der Waals surface area contributed by atoms with Gasteiger partial charge in [-0.1, -0.05) is 32.0 Å². The number of carbonyl (C=O) groups is 1. The molecule has 0 unspecified atom stereocenters. The zero-order valence-electron chi connectivity index (χ0n) is 7.74. The summed E-state index contributed by atoms with van der Waals surface area (Å²) in [6, 6.07) is 6.82. The van der Waals surface area contributed by atoms with E-state index in [0.29, 0.717) is 11.3 Å². The largest absolute Gasteiger partial charge is 0.294 e. The van der Waals surface area contributed by atoms with Crippen LogP contribution in [-0.4, -0.2) is 5.78 Å². The average molecular weight is 173 g/mol. The maximum Gasteiger partial charge on any atom is 0.187 e. The minimum Gasteiger partial charge on any atom is -0.294 e. The van der Waals surface area contributed by atoms with E-state index in [1.807, 2.05) is 13.8 Å². The molecule has 1 rings (SSSR count). The molecule has 2 heteroatoms. The SMILES string of the molecule is [C-]#[N+]c1cccc(C(=O)C(C)C)c1. The standard InChI is InChI=1S/C11H11NO/c1-8(2)11(13)9-5-4-6-10(7-9)12-3/h4-8H,1-2H3. The highest BCUT2D eigenvalue weighted by Gasteiger charge is 2.09. The molecular formula is C11H11NO. The fraction of sp³-hybridized carbons (Fsp3) is 0.273. The maximum atomic E-state index is 11.5. The number of hydrogen-bond donors (Lipinski definition) is 0. The molecule has 0 saturated heterocycles. The normalized spacial score (nSPS) is 9.69. The molecule has 66 valence electrons. The molecule has 2 nitrogen and oxygen atoms in total. The molecule has 0 amide bonds. The van der Waals surface area contributed by atoms with Crippen molar-refractivity contribution in [2.24, 2.45) is 5.92 Å². The van der Waals surface area contributed by atoms with E-state index in [1.165, 1.54) is 0 Å². The summed E-state index contributed by atoms with van der Waals surface area (Å²) in [7, 11) is 0. The van der Waals surface area contributed by atoms with E-state index in [-0.39, 0.29) is 11.7 Å². The number of rotatable bonds is 2. The van der Waals surface area contributed by atoms with E-state index in [2.05, 4.69) is 4.85 Å². The molecule has 0 aliphatic rings. The van der Waals surface area contributed by atoms with Crippen LogP contribution in [0.4, 0.5) is 5.69 Å². The van der Waals surface area contributed by atoms with Crippen LogP contribution in [0.15, 0.2) is 24.3 Å². The zero-order valence-corrected chi connectivity index (χ0v) is 7.74. The summed E-state index contributed by atoms with van der Waals surface area (Å²) in [6.07, 6.45) is 0. The first-order valence-corrected chi connectivity index (χ1v) is 4.17. The Morgan fingerprint density at radius 1 is 1.46 bits per heavy atom. The number of benzene rings is 1. The minimum absolute atomic E-state index is 0.0130. The van der Waals surface area contributed by atoms with Crippen LogP contribution < -0.4 is 0 Å². The van der Waals surface area contributed by atoms with Crippen LogP contribution in [-0.2, 0) is 0 Å². The summed E-state index contributed by atoms with van der Waals surface area (Å²) in [5, 5.41) is 0. The van der Waals surface area contributed by atoms with Crippen LogP contribution in [0.2, 0.25) is 0 Å². The van der Waals surface area contributed by atoms with Crippen LogP contribution in [0.1, 0.15) is 24.2 Å². The van der Waals surface area contributed by atoms with E-state index in [9.17, 15) is 4.79 Å². The molecule has 13 heavy (non-hydrogen) atoms. The fourth-order valence-corrected chi connectivity index (χ4v) is 1.06. The molecule has 0 aromatic heterocycles. The first-order valence-electron chi connectivity index (χ1n) is 4.17. The third kappa shape index (κ3) is 2.16.